The van der Waals surface area contributed by atoms with Crippen molar-refractivity contribution in [3.05, 3.63) is 18.2 Å². The van der Waals surface area contributed by atoms with Crippen LogP contribution in [0.25, 0.3) is 0 Å². The van der Waals surface area contributed by atoms with Gasteiger partial charge in [-0.25, -0.2) is 13.1 Å². The molecule has 0 spiro atoms. The van der Waals surface area contributed by atoms with Crippen LogP contribution in [0.5, 0.6) is 0 Å². The molecule has 3 N–H and O–H groups in total. The largest absolute Gasteiger partial charge is 0.399 e. The highest BCUT2D eigenvalue weighted by atomic mass is 32.2. The van der Waals surface area contributed by atoms with Crippen molar-refractivity contribution in [1.82, 2.24) is 4.72 Å². The number of nitrogens with zero attached hydrogens (tertiary/aromatic N) is 1. The lowest BCUT2D eigenvalue weighted by molar-refractivity contribution is 0.459. The minimum absolute atomic E-state index is 0.278. The molecule has 1 fully saturated rings. The number of anilines is 2. The summed E-state index contributed by atoms with van der Waals surface area (Å²) in [6.45, 7) is 4.02. The van der Waals surface area contributed by atoms with E-state index in [1.54, 1.807) is 12.1 Å². The van der Waals surface area contributed by atoms with E-state index in [0.29, 0.717) is 5.69 Å². The highest BCUT2D eigenvalue weighted by molar-refractivity contribution is 7.89. The fourth-order valence-electron chi connectivity index (χ4n) is 2.93. The molecule has 1 unspecified atom stereocenters. The Morgan fingerprint density at radius 2 is 2.10 bits per heavy atom. The van der Waals surface area contributed by atoms with Crippen molar-refractivity contribution in [1.29, 1.82) is 0 Å². The van der Waals surface area contributed by atoms with Crippen molar-refractivity contribution in [3.63, 3.8) is 0 Å². The van der Waals surface area contributed by atoms with Crippen molar-refractivity contribution in [2.45, 2.75) is 37.5 Å². The SMILES string of the molecule is CCC1CCCN(c2ccc(N)cc2S(=O)(=O)NC)CC1. The summed E-state index contributed by atoms with van der Waals surface area (Å²) in [5, 5.41) is 0. The van der Waals surface area contributed by atoms with Gasteiger partial charge in [-0.05, 0) is 50.4 Å². The Kier molecular flexibility index (Phi) is 5.11. The van der Waals surface area contributed by atoms with E-state index in [2.05, 4.69) is 16.5 Å². The zero-order valence-corrected chi connectivity index (χ0v) is 13.6. The highest BCUT2D eigenvalue weighted by Crippen LogP contribution is 2.30. The van der Waals surface area contributed by atoms with Crippen LogP contribution in [0, 0.1) is 5.92 Å². The standard InChI is InChI=1S/C15H25N3O2S/c1-3-12-5-4-9-18(10-8-12)14-7-6-13(16)11-15(14)21(19,20)17-2/h6-7,11-12,17H,3-5,8-10,16H2,1-2H3. The zero-order chi connectivity index (χ0) is 15.5. The fourth-order valence-corrected chi connectivity index (χ4v) is 3.92. The summed E-state index contributed by atoms with van der Waals surface area (Å²) in [5.74, 6) is 0.744. The van der Waals surface area contributed by atoms with E-state index in [1.165, 1.54) is 19.9 Å². The summed E-state index contributed by atoms with van der Waals surface area (Å²) in [6, 6.07) is 5.14. The molecule has 0 saturated carbocycles. The molecule has 1 atom stereocenters. The average Bonchev–Trinajstić information content (AvgIpc) is 2.72. The minimum atomic E-state index is -3.50. The lowest BCUT2D eigenvalue weighted by atomic mass is 9.98. The topological polar surface area (TPSA) is 75.4 Å². The van der Waals surface area contributed by atoms with Gasteiger partial charge in [-0.1, -0.05) is 13.3 Å². The predicted molar refractivity (Wildman–Crippen MR) is 86.9 cm³/mol. The van der Waals surface area contributed by atoms with Gasteiger partial charge in [-0.2, -0.15) is 0 Å². The normalized spacial score (nSPS) is 20.3. The van der Waals surface area contributed by atoms with Gasteiger partial charge in [-0.15, -0.1) is 0 Å². The Balaban J connectivity index is 2.35. The van der Waals surface area contributed by atoms with Crippen LogP contribution < -0.4 is 15.4 Å². The summed E-state index contributed by atoms with van der Waals surface area (Å²) < 4.78 is 26.8. The quantitative estimate of drug-likeness (QED) is 0.836. The first-order valence-electron chi connectivity index (χ1n) is 7.56. The summed E-state index contributed by atoms with van der Waals surface area (Å²) in [4.78, 5) is 2.46. The van der Waals surface area contributed by atoms with Gasteiger partial charge in [0.05, 0.1) is 5.69 Å². The maximum absolute atomic E-state index is 12.2. The Morgan fingerprint density at radius 1 is 1.33 bits per heavy atom. The van der Waals surface area contributed by atoms with Gasteiger partial charge in [-0.3, -0.25) is 0 Å². The van der Waals surface area contributed by atoms with Crippen molar-refractivity contribution < 1.29 is 8.42 Å². The first-order chi connectivity index (χ1) is 9.97. The maximum Gasteiger partial charge on any atom is 0.242 e. The molecule has 0 aromatic heterocycles. The lowest BCUT2D eigenvalue weighted by Gasteiger charge is -2.25. The number of sulfonamides is 1. The second kappa shape index (κ2) is 6.66. The van der Waals surface area contributed by atoms with Gasteiger partial charge in [0.1, 0.15) is 4.90 Å². The molecule has 1 aromatic rings. The molecule has 1 aliphatic rings. The van der Waals surface area contributed by atoms with Crippen LogP contribution in [-0.2, 0) is 10.0 Å². The number of hydrogen-bond donors (Lipinski definition) is 2. The van der Waals surface area contributed by atoms with Gasteiger partial charge in [0, 0.05) is 18.8 Å². The monoisotopic (exact) mass is 311 g/mol. The van der Waals surface area contributed by atoms with E-state index >= 15 is 0 Å². The van der Waals surface area contributed by atoms with Crippen molar-refractivity contribution in [3.8, 4) is 0 Å². The van der Waals surface area contributed by atoms with Gasteiger partial charge < -0.3 is 10.6 Å². The van der Waals surface area contributed by atoms with Crippen LogP contribution in [0.15, 0.2) is 23.1 Å². The molecular formula is C15H25N3O2S. The highest BCUT2D eigenvalue weighted by Gasteiger charge is 2.23. The molecule has 1 heterocycles. The number of nitrogens with two attached hydrogens (primary N) is 1. The minimum Gasteiger partial charge on any atom is -0.399 e. The van der Waals surface area contributed by atoms with Crippen LogP contribution in [0.4, 0.5) is 11.4 Å². The molecule has 118 valence electrons. The third kappa shape index (κ3) is 3.68. The van der Waals surface area contributed by atoms with Crippen LogP contribution >= 0.6 is 0 Å². The molecular weight excluding hydrogens is 286 g/mol. The molecule has 1 aromatic carbocycles. The van der Waals surface area contributed by atoms with E-state index in [-0.39, 0.29) is 4.90 Å². The summed E-state index contributed by atoms with van der Waals surface area (Å²) >= 11 is 0. The zero-order valence-electron chi connectivity index (χ0n) is 12.8. The van der Waals surface area contributed by atoms with Crippen LogP contribution in [0.2, 0.25) is 0 Å². The van der Waals surface area contributed by atoms with E-state index in [4.69, 9.17) is 5.73 Å². The van der Waals surface area contributed by atoms with Crippen molar-refractivity contribution in [2.75, 3.05) is 30.8 Å². The Bertz CT molecular complexity index is 587. The van der Waals surface area contributed by atoms with Crippen LogP contribution in [0.1, 0.15) is 32.6 Å². The predicted octanol–water partition coefficient (Wildman–Crippen LogP) is 2.19. The molecule has 1 saturated heterocycles. The van der Waals surface area contributed by atoms with Gasteiger partial charge in [0.25, 0.3) is 0 Å². The van der Waals surface area contributed by atoms with E-state index in [9.17, 15) is 8.42 Å². The van der Waals surface area contributed by atoms with Gasteiger partial charge in [0.2, 0.25) is 10.0 Å². The number of hydrogen-bond acceptors (Lipinski definition) is 4. The number of nitrogen functional groups attached to an aromatic ring is 1. The summed E-state index contributed by atoms with van der Waals surface area (Å²) in [7, 11) is -2.07. The molecule has 21 heavy (non-hydrogen) atoms. The second-order valence-electron chi connectivity index (χ2n) is 5.63. The Labute approximate surface area is 127 Å². The van der Waals surface area contributed by atoms with E-state index in [0.717, 1.165) is 37.5 Å². The number of rotatable bonds is 4. The lowest BCUT2D eigenvalue weighted by Crippen LogP contribution is -2.28. The Hall–Kier alpha value is -1.27. The first-order valence-corrected chi connectivity index (χ1v) is 9.04. The van der Waals surface area contributed by atoms with E-state index < -0.39 is 10.0 Å². The average molecular weight is 311 g/mol. The smallest absolute Gasteiger partial charge is 0.242 e. The molecule has 5 nitrogen and oxygen atoms in total. The van der Waals surface area contributed by atoms with Crippen LogP contribution in [0.3, 0.4) is 0 Å². The molecule has 0 bridgehead atoms. The first kappa shape index (κ1) is 16.1. The second-order valence-corrected chi connectivity index (χ2v) is 7.48. The molecule has 6 heteroatoms. The van der Waals surface area contributed by atoms with E-state index in [1.807, 2.05) is 6.07 Å². The van der Waals surface area contributed by atoms with Crippen molar-refractivity contribution in [2.24, 2.45) is 5.92 Å². The van der Waals surface area contributed by atoms with Gasteiger partial charge in [0.15, 0.2) is 0 Å². The van der Waals surface area contributed by atoms with Gasteiger partial charge >= 0.3 is 0 Å². The summed E-state index contributed by atoms with van der Waals surface area (Å²) in [5.41, 5.74) is 7.00. The Morgan fingerprint density at radius 3 is 2.76 bits per heavy atom. The molecule has 0 amide bonds. The molecule has 2 rings (SSSR count). The molecule has 0 aliphatic carbocycles. The third-order valence-corrected chi connectivity index (χ3v) is 5.75. The maximum atomic E-state index is 12.2. The van der Waals surface area contributed by atoms with Crippen molar-refractivity contribution >= 4 is 21.4 Å². The number of nitrogens with one attached hydrogen (secondary N) is 1. The van der Waals surface area contributed by atoms with Crippen LogP contribution in [-0.4, -0.2) is 28.6 Å². The summed E-state index contributed by atoms with van der Waals surface area (Å²) in [6.07, 6.45) is 4.62. The fraction of sp³-hybridized carbons (Fsp3) is 0.600. The molecule has 1 aliphatic heterocycles. The molecule has 0 radical (unpaired) electrons. The number of benzene rings is 1. The third-order valence-electron chi connectivity index (χ3n) is 4.31.